The third-order valence-electron chi connectivity index (χ3n) is 4.81. The van der Waals surface area contributed by atoms with Gasteiger partial charge in [-0.25, -0.2) is 0 Å². The maximum atomic E-state index is 4.73. The zero-order chi connectivity index (χ0) is 15.3. The Morgan fingerprint density at radius 2 is 1.75 bits per heavy atom. The van der Waals surface area contributed by atoms with Crippen LogP contribution in [0.2, 0.25) is 33.0 Å². The number of pyridine rings is 1. The second-order valence-corrected chi connectivity index (χ2v) is 27.8. The molecule has 0 amide bonds. The van der Waals surface area contributed by atoms with Gasteiger partial charge in [0, 0.05) is 0 Å². The molecule has 4 heteroatoms. The van der Waals surface area contributed by atoms with Crippen LogP contribution in [-0.4, -0.2) is 35.8 Å². The Hall–Kier alpha value is -0.294. The number of hydrogen-bond donors (Lipinski definition) is 0. The quantitative estimate of drug-likeness (QED) is 0.688. The summed E-state index contributed by atoms with van der Waals surface area (Å²) in [6.45, 7) is 12.0. The second kappa shape index (κ2) is 4.87. The number of fused-ring (bicyclic) bond motifs is 1. The predicted octanol–water partition coefficient (Wildman–Crippen LogP) is 4.43. The molecule has 0 saturated carbocycles. The molecule has 0 aliphatic heterocycles. The van der Waals surface area contributed by atoms with Crippen molar-refractivity contribution in [3.05, 3.63) is 24.5 Å². The van der Waals surface area contributed by atoms with Crippen molar-refractivity contribution >= 4 is 41.2 Å². The van der Waals surface area contributed by atoms with Crippen molar-refractivity contribution in [1.82, 2.24) is 9.22 Å². The van der Waals surface area contributed by atoms with Crippen LogP contribution >= 0.6 is 0 Å². The zero-order valence-electron chi connectivity index (χ0n) is 14.2. The second-order valence-electron chi connectivity index (χ2n) is 8.35. The standard InChI is InChI=1S/C13H19N2Si.3CH3.Sn/c1-13(2,3)16(4,5)15-10-8-11-7-6-9-14-12(11)15;;;;/h6-7,9-10H,1-5H3;3*1H3;. The van der Waals surface area contributed by atoms with Crippen molar-refractivity contribution in [2.45, 2.75) is 53.7 Å². The van der Waals surface area contributed by atoms with Crippen molar-refractivity contribution in [2.75, 3.05) is 0 Å². The fourth-order valence-electron chi connectivity index (χ4n) is 2.44. The van der Waals surface area contributed by atoms with Gasteiger partial charge in [0.2, 0.25) is 0 Å². The van der Waals surface area contributed by atoms with E-state index in [2.05, 4.69) is 71.2 Å². The van der Waals surface area contributed by atoms with E-state index in [0.717, 1.165) is 0 Å². The number of hydrogen-bond acceptors (Lipinski definition) is 1. The molecule has 0 bridgehead atoms. The molecule has 0 aliphatic carbocycles. The van der Waals surface area contributed by atoms with Crippen LogP contribution in [0.5, 0.6) is 0 Å². The Kier molecular flexibility index (Phi) is 3.91. The normalized spacial score (nSPS) is 14.0. The van der Waals surface area contributed by atoms with Crippen LogP contribution in [0.4, 0.5) is 0 Å². The van der Waals surface area contributed by atoms with Gasteiger partial charge in [0.05, 0.1) is 0 Å². The van der Waals surface area contributed by atoms with E-state index < -0.39 is 26.6 Å². The summed E-state index contributed by atoms with van der Waals surface area (Å²) < 4.78 is 4.17. The average molecular weight is 395 g/mol. The van der Waals surface area contributed by atoms with Crippen LogP contribution in [0.3, 0.4) is 0 Å². The minimum absolute atomic E-state index is 0.321. The van der Waals surface area contributed by atoms with Crippen LogP contribution in [-0.2, 0) is 0 Å². The van der Waals surface area contributed by atoms with Gasteiger partial charge in [0.1, 0.15) is 0 Å². The molecule has 2 nitrogen and oxygen atoms in total. The molecule has 0 unspecified atom stereocenters. The van der Waals surface area contributed by atoms with Crippen molar-refractivity contribution in [3.8, 4) is 0 Å². The fraction of sp³-hybridized carbons (Fsp3) is 0.562. The monoisotopic (exact) mass is 396 g/mol. The first-order chi connectivity index (χ1) is 8.96. The maximum absolute atomic E-state index is 4.73. The predicted molar refractivity (Wildman–Crippen MR) is 95.3 cm³/mol. The third-order valence-corrected chi connectivity index (χ3v) is 15.8. The van der Waals surface area contributed by atoms with E-state index in [0.29, 0.717) is 5.04 Å². The average Bonchev–Trinajstić information content (AvgIpc) is 2.66. The van der Waals surface area contributed by atoms with E-state index in [1.807, 2.05) is 6.20 Å². The van der Waals surface area contributed by atoms with Gasteiger partial charge in [0.25, 0.3) is 0 Å². The van der Waals surface area contributed by atoms with E-state index in [-0.39, 0.29) is 0 Å². The third kappa shape index (κ3) is 2.59. The summed E-state index contributed by atoms with van der Waals surface area (Å²) >= 11 is -2.12. The van der Waals surface area contributed by atoms with Gasteiger partial charge in [-0.1, -0.05) is 0 Å². The number of nitrogens with zero attached hydrogens (tertiary/aromatic N) is 2. The summed E-state index contributed by atoms with van der Waals surface area (Å²) in [6, 6.07) is 4.35. The van der Waals surface area contributed by atoms with Gasteiger partial charge in [-0.05, 0) is 0 Å². The van der Waals surface area contributed by atoms with Gasteiger partial charge in [-0.2, -0.15) is 0 Å². The van der Waals surface area contributed by atoms with E-state index >= 15 is 0 Å². The SMILES string of the molecule is CC(C)(C)[Si](C)(C)n1c[c]([Sn]([CH3])([CH3])[CH3])c2cccnc21. The summed E-state index contributed by atoms with van der Waals surface area (Å²) in [6.07, 6.45) is 4.40. The summed E-state index contributed by atoms with van der Waals surface area (Å²) in [4.78, 5) is 12.2. The molecule has 20 heavy (non-hydrogen) atoms. The molecule has 0 N–H and O–H groups in total. The molecule has 0 atom stereocenters. The van der Waals surface area contributed by atoms with Crippen LogP contribution in [0, 0.1) is 0 Å². The Labute approximate surface area is 128 Å². The van der Waals surface area contributed by atoms with Gasteiger partial charge in [0.15, 0.2) is 0 Å². The summed E-state index contributed by atoms with van der Waals surface area (Å²) in [5.74, 6) is 0. The van der Waals surface area contributed by atoms with Gasteiger partial charge in [-0.15, -0.1) is 0 Å². The van der Waals surface area contributed by atoms with Crippen LogP contribution in [0.1, 0.15) is 20.8 Å². The van der Waals surface area contributed by atoms with Gasteiger partial charge in [-0.3, -0.25) is 0 Å². The molecular weight excluding hydrogens is 367 g/mol. The van der Waals surface area contributed by atoms with Crippen molar-refractivity contribution < 1.29 is 0 Å². The fourth-order valence-corrected chi connectivity index (χ4v) is 9.03. The summed E-state index contributed by atoms with van der Waals surface area (Å²) in [5.41, 5.74) is 1.21. The van der Waals surface area contributed by atoms with E-state index in [1.165, 1.54) is 11.0 Å². The van der Waals surface area contributed by atoms with Crippen LogP contribution in [0.25, 0.3) is 11.0 Å². The molecule has 2 heterocycles. The van der Waals surface area contributed by atoms with E-state index in [9.17, 15) is 0 Å². The molecule has 0 radical (unpaired) electrons. The minimum atomic E-state index is -2.12. The van der Waals surface area contributed by atoms with E-state index in [4.69, 9.17) is 4.98 Å². The summed E-state index contributed by atoms with van der Waals surface area (Å²) in [5, 5.41) is 1.72. The molecule has 2 aromatic heterocycles. The molecule has 0 aromatic carbocycles. The molecule has 0 spiro atoms. The van der Waals surface area contributed by atoms with Gasteiger partial charge < -0.3 is 0 Å². The molecule has 0 saturated heterocycles. The van der Waals surface area contributed by atoms with Crippen molar-refractivity contribution in [1.29, 1.82) is 0 Å². The van der Waals surface area contributed by atoms with Crippen LogP contribution < -0.4 is 3.58 Å². The Morgan fingerprint density at radius 3 is 2.25 bits per heavy atom. The number of aromatic nitrogens is 2. The molecule has 2 aromatic rings. The van der Waals surface area contributed by atoms with Gasteiger partial charge >= 0.3 is 129 Å². The molecule has 0 fully saturated rings. The Morgan fingerprint density at radius 1 is 1.15 bits per heavy atom. The first-order valence-corrected chi connectivity index (χ1v) is 20.4. The first-order valence-electron chi connectivity index (χ1n) is 7.43. The number of rotatable bonds is 2. The molecular formula is C16H28N2SiSn. The summed E-state index contributed by atoms with van der Waals surface area (Å²) in [7, 11) is -1.62. The Balaban J connectivity index is 2.80. The zero-order valence-corrected chi connectivity index (χ0v) is 18.1. The first kappa shape index (κ1) is 16.1. The van der Waals surface area contributed by atoms with Crippen molar-refractivity contribution in [3.63, 3.8) is 0 Å². The Bertz CT molecular complexity index is 630. The molecule has 110 valence electrons. The molecule has 0 aliphatic rings. The van der Waals surface area contributed by atoms with E-state index in [1.54, 1.807) is 3.58 Å². The van der Waals surface area contributed by atoms with Crippen molar-refractivity contribution in [2.24, 2.45) is 0 Å². The molecule has 2 rings (SSSR count). The van der Waals surface area contributed by atoms with Crippen LogP contribution in [0.15, 0.2) is 24.5 Å². The topological polar surface area (TPSA) is 17.8 Å².